The van der Waals surface area contributed by atoms with Gasteiger partial charge in [0.25, 0.3) is 0 Å². The van der Waals surface area contributed by atoms with Crippen LogP contribution in [0.2, 0.25) is 0 Å². The second-order valence-corrected chi connectivity index (χ2v) is 5.52. The Morgan fingerprint density at radius 3 is 2.64 bits per heavy atom. The summed E-state index contributed by atoms with van der Waals surface area (Å²) in [5.41, 5.74) is 1.88. The first-order valence-corrected chi connectivity index (χ1v) is 8.40. The van der Waals surface area contributed by atoms with Crippen molar-refractivity contribution in [2.45, 2.75) is 26.2 Å². The molecule has 2 rings (SSSR count). The highest BCUT2D eigenvalue weighted by molar-refractivity contribution is 6.00. The van der Waals surface area contributed by atoms with Crippen molar-refractivity contribution in [3.05, 3.63) is 59.9 Å². The zero-order chi connectivity index (χ0) is 17.9. The number of pyridine rings is 1. The fraction of sp³-hybridized carbons (Fsp3) is 0.316. The molecule has 0 spiro atoms. The lowest BCUT2D eigenvalue weighted by Gasteiger charge is -2.11. The van der Waals surface area contributed by atoms with Crippen LogP contribution in [0.5, 0.6) is 0 Å². The summed E-state index contributed by atoms with van der Waals surface area (Å²) in [5.74, 6) is -0.430. The van der Waals surface area contributed by atoms with Gasteiger partial charge in [0, 0.05) is 18.9 Å². The summed E-state index contributed by atoms with van der Waals surface area (Å²) in [7, 11) is 0. The van der Waals surface area contributed by atoms with Gasteiger partial charge in [-0.3, -0.25) is 4.98 Å². The lowest BCUT2D eigenvalue weighted by Crippen LogP contribution is -2.31. The van der Waals surface area contributed by atoms with E-state index in [0.717, 1.165) is 18.4 Å². The standard InChI is InChI=1S/C19H23N3O3/c1-2-3-14-25-18(23)16-6-4-5-7-17(16)22-19(24)21-13-10-15-8-11-20-12-9-15/h4-9,11-12H,2-3,10,13-14H2,1H3,(H2,21,22,24). The van der Waals surface area contributed by atoms with E-state index >= 15 is 0 Å². The van der Waals surface area contributed by atoms with Crippen LogP contribution in [0.25, 0.3) is 0 Å². The number of rotatable bonds is 8. The predicted molar refractivity (Wildman–Crippen MR) is 96.6 cm³/mol. The van der Waals surface area contributed by atoms with Crippen molar-refractivity contribution in [2.75, 3.05) is 18.5 Å². The van der Waals surface area contributed by atoms with Crippen LogP contribution in [-0.4, -0.2) is 30.1 Å². The third-order valence-electron chi connectivity index (χ3n) is 3.57. The highest BCUT2D eigenvalue weighted by Gasteiger charge is 2.14. The van der Waals surface area contributed by atoms with Gasteiger partial charge in [0.1, 0.15) is 0 Å². The first kappa shape index (κ1) is 18.4. The Balaban J connectivity index is 1.86. The molecule has 0 aliphatic rings. The van der Waals surface area contributed by atoms with Crippen LogP contribution in [0, 0.1) is 0 Å². The molecular weight excluding hydrogens is 318 g/mol. The molecule has 1 aromatic carbocycles. The summed E-state index contributed by atoms with van der Waals surface area (Å²) in [5, 5.41) is 5.48. The highest BCUT2D eigenvalue weighted by atomic mass is 16.5. The normalized spacial score (nSPS) is 10.1. The van der Waals surface area contributed by atoms with Crippen LogP contribution in [0.3, 0.4) is 0 Å². The van der Waals surface area contributed by atoms with Crippen molar-refractivity contribution >= 4 is 17.7 Å². The van der Waals surface area contributed by atoms with E-state index in [1.807, 2.05) is 19.1 Å². The van der Waals surface area contributed by atoms with E-state index < -0.39 is 5.97 Å². The van der Waals surface area contributed by atoms with Gasteiger partial charge in [-0.25, -0.2) is 9.59 Å². The Morgan fingerprint density at radius 1 is 1.12 bits per heavy atom. The molecule has 0 saturated carbocycles. The van der Waals surface area contributed by atoms with Crippen LogP contribution >= 0.6 is 0 Å². The zero-order valence-corrected chi connectivity index (χ0v) is 14.3. The molecule has 0 atom stereocenters. The average Bonchev–Trinajstić information content (AvgIpc) is 2.63. The largest absolute Gasteiger partial charge is 0.462 e. The Labute approximate surface area is 147 Å². The number of ether oxygens (including phenoxy) is 1. The number of hydrogen-bond acceptors (Lipinski definition) is 4. The maximum atomic E-state index is 12.1. The molecule has 6 heteroatoms. The molecule has 1 aromatic heterocycles. The summed E-state index contributed by atoms with van der Waals surface area (Å²) < 4.78 is 5.21. The van der Waals surface area contributed by atoms with E-state index in [4.69, 9.17) is 4.74 Å². The molecule has 0 aliphatic heterocycles. The van der Waals surface area contributed by atoms with E-state index in [2.05, 4.69) is 15.6 Å². The molecule has 0 fully saturated rings. The van der Waals surface area contributed by atoms with Gasteiger partial charge in [-0.1, -0.05) is 25.5 Å². The number of urea groups is 1. The number of nitrogens with zero attached hydrogens (tertiary/aromatic N) is 1. The minimum atomic E-state index is -0.430. The van der Waals surface area contributed by atoms with E-state index in [-0.39, 0.29) is 6.03 Å². The highest BCUT2D eigenvalue weighted by Crippen LogP contribution is 2.16. The van der Waals surface area contributed by atoms with Crippen molar-refractivity contribution in [3.63, 3.8) is 0 Å². The smallest absolute Gasteiger partial charge is 0.340 e. The number of carbonyl (C=O) groups excluding carboxylic acids is 2. The third-order valence-corrected chi connectivity index (χ3v) is 3.57. The van der Waals surface area contributed by atoms with Gasteiger partial charge in [-0.2, -0.15) is 0 Å². The van der Waals surface area contributed by atoms with Crippen LogP contribution < -0.4 is 10.6 Å². The van der Waals surface area contributed by atoms with E-state index in [1.165, 1.54) is 0 Å². The zero-order valence-electron chi connectivity index (χ0n) is 14.3. The Kier molecular flexibility index (Phi) is 7.43. The Hall–Kier alpha value is -2.89. The van der Waals surface area contributed by atoms with E-state index in [9.17, 15) is 9.59 Å². The van der Waals surface area contributed by atoms with Gasteiger partial charge in [0.15, 0.2) is 0 Å². The van der Waals surface area contributed by atoms with Crippen LogP contribution in [-0.2, 0) is 11.2 Å². The number of para-hydroxylation sites is 1. The molecule has 132 valence electrons. The lowest BCUT2D eigenvalue weighted by molar-refractivity contribution is 0.0501. The first-order valence-electron chi connectivity index (χ1n) is 8.40. The molecule has 0 radical (unpaired) electrons. The first-order chi connectivity index (χ1) is 12.2. The molecule has 0 unspecified atom stereocenters. The van der Waals surface area contributed by atoms with Crippen LogP contribution in [0.1, 0.15) is 35.7 Å². The molecule has 2 N–H and O–H groups in total. The lowest BCUT2D eigenvalue weighted by atomic mass is 10.2. The molecule has 2 amide bonds. The minimum Gasteiger partial charge on any atom is -0.462 e. The molecule has 0 bridgehead atoms. The van der Waals surface area contributed by atoms with Gasteiger partial charge in [0.05, 0.1) is 17.9 Å². The number of unbranched alkanes of at least 4 members (excludes halogenated alkanes) is 1. The van der Waals surface area contributed by atoms with Crippen molar-refractivity contribution in [3.8, 4) is 0 Å². The minimum absolute atomic E-state index is 0.350. The number of esters is 1. The molecular formula is C19H23N3O3. The van der Waals surface area contributed by atoms with Crippen molar-refractivity contribution < 1.29 is 14.3 Å². The van der Waals surface area contributed by atoms with Crippen LogP contribution in [0.15, 0.2) is 48.8 Å². The van der Waals surface area contributed by atoms with Gasteiger partial charge in [-0.05, 0) is 42.7 Å². The third kappa shape index (κ3) is 6.25. The fourth-order valence-electron chi connectivity index (χ4n) is 2.19. The second kappa shape index (κ2) is 10.1. The van der Waals surface area contributed by atoms with Crippen molar-refractivity contribution in [2.24, 2.45) is 0 Å². The fourth-order valence-corrected chi connectivity index (χ4v) is 2.19. The van der Waals surface area contributed by atoms with E-state index in [0.29, 0.717) is 30.8 Å². The molecule has 0 aliphatic carbocycles. The Morgan fingerprint density at radius 2 is 1.88 bits per heavy atom. The Bertz CT molecular complexity index is 689. The molecule has 2 aromatic rings. The average molecular weight is 341 g/mol. The monoisotopic (exact) mass is 341 g/mol. The molecule has 0 saturated heterocycles. The summed E-state index contributed by atoms with van der Waals surface area (Å²) in [4.78, 5) is 28.1. The predicted octanol–water partition coefficient (Wildman–Crippen LogP) is 3.40. The van der Waals surface area contributed by atoms with Gasteiger partial charge < -0.3 is 15.4 Å². The number of nitrogens with one attached hydrogen (secondary N) is 2. The summed E-state index contributed by atoms with van der Waals surface area (Å²) in [6, 6.07) is 10.3. The maximum absolute atomic E-state index is 12.1. The van der Waals surface area contributed by atoms with Gasteiger partial charge in [0.2, 0.25) is 0 Å². The number of aromatic nitrogens is 1. The van der Waals surface area contributed by atoms with Crippen LogP contribution in [0.4, 0.5) is 10.5 Å². The topological polar surface area (TPSA) is 80.3 Å². The summed E-state index contributed by atoms with van der Waals surface area (Å²) in [6.07, 6.45) is 5.91. The quantitative estimate of drug-likeness (QED) is 0.569. The van der Waals surface area contributed by atoms with Gasteiger partial charge >= 0.3 is 12.0 Å². The summed E-state index contributed by atoms with van der Waals surface area (Å²) >= 11 is 0. The second-order valence-electron chi connectivity index (χ2n) is 5.52. The molecule has 1 heterocycles. The van der Waals surface area contributed by atoms with E-state index in [1.54, 1.807) is 36.7 Å². The molecule has 25 heavy (non-hydrogen) atoms. The number of anilines is 1. The number of benzene rings is 1. The summed E-state index contributed by atoms with van der Waals surface area (Å²) in [6.45, 7) is 2.89. The number of carbonyl (C=O) groups is 2. The van der Waals surface area contributed by atoms with Crippen molar-refractivity contribution in [1.82, 2.24) is 10.3 Å². The number of hydrogen-bond donors (Lipinski definition) is 2. The SMILES string of the molecule is CCCCOC(=O)c1ccccc1NC(=O)NCCc1ccncc1. The molecule has 6 nitrogen and oxygen atoms in total. The maximum Gasteiger partial charge on any atom is 0.340 e. The van der Waals surface area contributed by atoms with Crippen molar-refractivity contribution in [1.29, 1.82) is 0 Å². The van der Waals surface area contributed by atoms with Gasteiger partial charge in [-0.15, -0.1) is 0 Å². The number of amides is 2.